The zero-order valence-electron chi connectivity index (χ0n) is 12.8. The molecule has 1 amide bonds. The van der Waals surface area contributed by atoms with Gasteiger partial charge in [0.25, 0.3) is 0 Å². The van der Waals surface area contributed by atoms with Crippen LogP contribution in [0.4, 0.5) is 0 Å². The Morgan fingerprint density at radius 3 is 2.95 bits per heavy atom. The fraction of sp³-hybridized carbons (Fsp3) is 0.750. The average Bonchev–Trinajstić information content (AvgIpc) is 3.13. The van der Waals surface area contributed by atoms with Crippen LogP contribution in [-0.4, -0.2) is 28.9 Å². The van der Waals surface area contributed by atoms with Gasteiger partial charge in [-0.25, -0.2) is 0 Å². The Hall–Kier alpha value is -1.36. The summed E-state index contributed by atoms with van der Waals surface area (Å²) in [5.74, 6) is -0.0369. The SMILES string of the molecule is CCOCC(=O)N[C@H]1CCCc2cn(C3CCCC3)nc21. The van der Waals surface area contributed by atoms with E-state index in [1.165, 1.54) is 31.2 Å². The third kappa shape index (κ3) is 3.28. The predicted molar refractivity (Wildman–Crippen MR) is 80.0 cm³/mol. The van der Waals surface area contributed by atoms with E-state index in [0.717, 1.165) is 25.0 Å². The molecule has 0 saturated heterocycles. The van der Waals surface area contributed by atoms with Crippen LogP contribution >= 0.6 is 0 Å². The summed E-state index contributed by atoms with van der Waals surface area (Å²) in [7, 11) is 0. The van der Waals surface area contributed by atoms with E-state index < -0.39 is 0 Å². The van der Waals surface area contributed by atoms with Crippen LogP contribution in [0.1, 0.15) is 68.8 Å². The molecule has 0 aromatic carbocycles. The van der Waals surface area contributed by atoms with E-state index in [2.05, 4.69) is 16.2 Å². The lowest BCUT2D eigenvalue weighted by Crippen LogP contribution is -2.33. The largest absolute Gasteiger partial charge is 0.372 e. The first-order valence-corrected chi connectivity index (χ1v) is 8.23. The normalized spacial score (nSPS) is 22.2. The van der Waals surface area contributed by atoms with Crippen LogP contribution in [0.25, 0.3) is 0 Å². The molecule has 2 aliphatic carbocycles. The number of rotatable bonds is 5. The van der Waals surface area contributed by atoms with E-state index in [-0.39, 0.29) is 18.6 Å². The number of hydrogen-bond donors (Lipinski definition) is 1. The molecule has 2 aliphatic rings. The van der Waals surface area contributed by atoms with Crippen LogP contribution in [0, 0.1) is 0 Å². The number of ether oxygens (including phenoxy) is 1. The highest BCUT2D eigenvalue weighted by Crippen LogP contribution is 2.33. The van der Waals surface area contributed by atoms with Crippen molar-refractivity contribution in [1.82, 2.24) is 15.1 Å². The van der Waals surface area contributed by atoms with E-state index in [4.69, 9.17) is 9.84 Å². The van der Waals surface area contributed by atoms with E-state index in [1.54, 1.807) is 0 Å². The molecule has 1 N–H and O–H groups in total. The van der Waals surface area contributed by atoms with Gasteiger partial charge in [-0.05, 0) is 44.6 Å². The van der Waals surface area contributed by atoms with E-state index in [0.29, 0.717) is 12.6 Å². The van der Waals surface area contributed by atoms with E-state index in [9.17, 15) is 4.79 Å². The molecule has 1 fully saturated rings. The fourth-order valence-electron chi connectivity index (χ4n) is 3.49. The number of carbonyl (C=O) groups is 1. The van der Waals surface area contributed by atoms with Gasteiger partial charge in [0.05, 0.1) is 17.8 Å². The summed E-state index contributed by atoms with van der Waals surface area (Å²) in [6.45, 7) is 2.61. The molecule has 1 heterocycles. The average molecular weight is 291 g/mol. The second kappa shape index (κ2) is 6.60. The minimum absolute atomic E-state index is 0.0369. The number of amides is 1. The van der Waals surface area contributed by atoms with Gasteiger partial charge in [-0.1, -0.05) is 12.8 Å². The smallest absolute Gasteiger partial charge is 0.246 e. The number of aromatic nitrogens is 2. The first-order chi connectivity index (χ1) is 10.3. The molecule has 0 unspecified atom stereocenters. The standard InChI is InChI=1S/C16H25N3O2/c1-2-21-11-15(20)17-14-9-5-6-12-10-19(18-16(12)14)13-7-3-4-8-13/h10,13-14H,2-9,11H2,1H3,(H,17,20)/t14-/m0/s1. The zero-order valence-corrected chi connectivity index (χ0v) is 12.8. The molecule has 116 valence electrons. The van der Waals surface area contributed by atoms with E-state index in [1.807, 2.05) is 6.92 Å². The second-order valence-electron chi connectivity index (χ2n) is 6.11. The van der Waals surface area contributed by atoms with Crippen molar-refractivity contribution in [2.45, 2.75) is 64.0 Å². The van der Waals surface area contributed by atoms with Crippen LogP contribution in [-0.2, 0) is 16.0 Å². The lowest BCUT2D eigenvalue weighted by atomic mass is 9.94. The summed E-state index contributed by atoms with van der Waals surface area (Å²) in [4.78, 5) is 11.9. The van der Waals surface area contributed by atoms with Gasteiger partial charge < -0.3 is 10.1 Å². The van der Waals surface area contributed by atoms with Crippen LogP contribution in [0.2, 0.25) is 0 Å². The van der Waals surface area contributed by atoms with Gasteiger partial charge in [0, 0.05) is 12.8 Å². The summed E-state index contributed by atoms with van der Waals surface area (Å²) >= 11 is 0. The molecule has 1 atom stereocenters. The lowest BCUT2D eigenvalue weighted by molar-refractivity contribution is -0.126. The first-order valence-electron chi connectivity index (χ1n) is 8.23. The maximum Gasteiger partial charge on any atom is 0.246 e. The van der Waals surface area contributed by atoms with Crippen molar-refractivity contribution in [3.05, 3.63) is 17.5 Å². The van der Waals surface area contributed by atoms with Crippen LogP contribution < -0.4 is 5.32 Å². The lowest BCUT2D eigenvalue weighted by Gasteiger charge is -2.22. The molecule has 1 saturated carbocycles. The third-order valence-corrected chi connectivity index (χ3v) is 4.58. The molecule has 0 radical (unpaired) electrons. The van der Waals surface area contributed by atoms with Gasteiger partial charge >= 0.3 is 0 Å². The van der Waals surface area contributed by atoms with Crippen molar-refractivity contribution in [3.63, 3.8) is 0 Å². The van der Waals surface area contributed by atoms with Crippen LogP contribution in [0.3, 0.4) is 0 Å². The molecule has 1 aromatic heterocycles. The van der Waals surface area contributed by atoms with Gasteiger partial charge in [-0.15, -0.1) is 0 Å². The number of fused-ring (bicyclic) bond motifs is 1. The third-order valence-electron chi connectivity index (χ3n) is 4.58. The van der Waals surface area contributed by atoms with Gasteiger partial charge in [0.1, 0.15) is 6.61 Å². The maximum absolute atomic E-state index is 11.9. The summed E-state index contributed by atoms with van der Waals surface area (Å²) < 4.78 is 7.33. The number of nitrogens with one attached hydrogen (secondary N) is 1. The Bertz CT molecular complexity index is 492. The number of nitrogens with zero attached hydrogens (tertiary/aromatic N) is 2. The summed E-state index contributed by atoms with van der Waals surface area (Å²) in [6.07, 6.45) is 10.5. The van der Waals surface area contributed by atoms with Crippen LogP contribution in [0.5, 0.6) is 0 Å². The monoisotopic (exact) mass is 291 g/mol. The van der Waals surface area contributed by atoms with Gasteiger partial charge in [-0.2, -0.15) is 5.10 Å². The highest BCUT2D eigenvalue weighted by molar-refractivity contribution is 5.77. The molecule has 1 aromatic rings. The van der Waals surface area contributed by atoms with Crippen molar-refractivity contribution >= 4 is 5.91 Å². The molecule has 0 aliphatic heterocycles. The minimum atomic E-state index is -0.0369. The fourth-order valence-corrected chi connectivity index (χ4v) is 3.49. The van der Waals surface area contributed by atoms with Crippen molar-refractivity contribution in [3.8, 4) is 0 Å². The Labute approximate surface area is 126 Å². The summed E-state index contributed by atoms with van der Waals surface area (Å²) in [5.41, 5.74) is 2.40. The van der Waals surface area contributed by atoms with Gasteiger partial charge in [0.2, 0.25) is 5.91 Å². The second-order valence-corrected chi connectivity index (χ2v) is 6.11. The molecule has 21 heavy (non-hydrogen) atoms. The van der Waals surface area contributed by atoms with E-state index >= 15 is 0 Å². The molecular formula is C16H25N3O2. The number of carbonyl (C=O) groups excluding carboxylic acids is 1. The van der Waals surface area contributed by atoms with Crippen molar-refractivity contribution in [2.24, 2.45) is 0 Å². The Morgan fingerprint density at radius 1 is 1.38 bits per heavy atom. The Balaban J connectivity index is 1.70. The molecular weight excluding hydrogens is 266 g/mol. The van der Waals surface area contributed by atoms with Crippen molar-refractivity contribution < 1.29 is 9.53 Å². The van der Waals surface area contributed by atoms with Crippen molar-refractivity contribution in [1.29, 1.82) is 0 Å². The van der Waals surface area contributed by atoms with Crippen LogP contribution in [0.15, 0.2) is 6.20 Å². The number of aryl methyl sites for hydroxylation is 1. The first kappa shape index (κ1) is 14.6. The predicted octanol–water partition coefficient (Wildman–Crippen LogP) is 2.53. The molecule has 5 heteroatoms. The molecule has 3 rings (SSSR count). The highest BCUT2D eigenvalue weighted by Gasteiger charge is 2.27. The van der Waals surface area contributed by atoms with Gasteiger partial charge in [-0.3, -0.25) is 9.48 Å². The topological polar surface area (TPSA) is 56.1 Å². The van der Waals surface area contributed by atoms with Crippen molar-refractivity contribution in [2.75, 3.05) is 13.2 Å². The summed E-state index contributed by atoms with van der Waals surface area (Å²) in [5, 5.41) is 7.88. The quantitative estimate of drug-likeness (QED) is 0.907. The number of hydrogen-bond acceptors (Lipinski definition) is 3. The Morgan fingerprint density at radius 2 is 2.19 bits per heavy atom. The molecule has 0 bridgehead atoms. The minimum Gasteiger partial charge on any atom is -0.372 e. The van der Waals surface area contributed by atoms with Gasteiger partial charge in [0.15, 0.2) is 0 Å². The maximum atomic E-state index is 11.9. The zero-order chi connectivity index (χ0) is 14.7. The molecule has 5 nitrogen and oxygen atoms in total. The Kier molecular flexibility index (Phi) is 4.58. The molecule has 0 spiro atoms. The highest BCUT2D eigenvalue weighted by atomic mass is 16.5. The summed E-state index contributed by atoms with van der Waals surface area (Å²) in [6, 6.07) is 0.625.